The van der Waals surface area contributed by atoms with Crippen molar-refractivity contribution in [3.05, 3.63) is 284 Å². The van der Waals surface area contributed by atoms with Gasteiger partial charge >= 0.3 is 0 Å². The first-order valence-electron chi connectivity index (χ1n) is 28.6. The molecule has 0 saturated carbocycles. The summed E-state index contributed by atoms with van der Waals surface area (Å²) >= 11 is 0. The Morgan fingerprint density at radius 2 is 0.598 bits per heavy atom. The molecule has 14 aromatic carbocycles. The Kier molecular flexibility index (Phi) is 9.60. The molecule has 4 nitrogen and oxygen atoms in total. The molecule has 0 spiro atoms. The summed E-state index contributed by atoms with van der Waals surface area (Å²) in [5.41, 5.74) is 16.6. The van der Waals surface area contributed by atoms with Crippen LogP contribution in [0.25, 0.3) is 142 Å². The van der Waals surface area contributed by atoms with Crippen LogP contribution in [0.3, 0.4) is 0 Å². The van der Waals surface area contributed by atoms with E-state index < -0.39 is 0 Å². The molecule has 4 heteroatoms. The monoisotopic (exact) mass is 1040 g/mol. The lowest BCUT2D eigenvalue weighted by Gasteiger charge is -2.26. The lowest BCUT2D eigenvalue weighted by Crippen LogP contribution is -2.10. The second-order valence-corrected chi connectivity index (χ2v) is 22.3. The number of hydrogen-bond donors (Lipinski definition) is 0. The Balaban J connectivity index is 0.833. The van der Waals surface area contributed by atoms with E-state index in [0.29, 0.717) is 0 Å². The molecule has 0 atom stereocenters. The molecule has 0 N–H and O–H groups in total. The van der Waals surface area contributed by atoms with Crippen molar-refractivity contribution in [3.63, 3.8) is 0 Å². The molecule has 3 aromatic heterocycles. The van der Waals surface area contributed by atoms with Crippen molar-refractivity contribution in [2.45, 2.75) is 12.8 Å². The minimum Gasteiger partial charge on any atom is -0.310 e. The summed E-state index contributed by atoms with van der Waals surface area (Å²) in [5.74, 6) is 0. The van der Waals surface area contributed by atoms with Gasteiger partial charge in [-0.15, -0.1) is 0 Å². The van der Waals surface area contributed by atoms with Crippen LogP contribution in [0, 0.1) is 0 Å². The van der Waals surface area contributed by atoms with E-state index in [1.54, 1.807) is 0 Å². The zero-order chi connectivity index (χ0) is 53.6. The summed E-state index contributed by atoms with van der Waals surface area (Å²) < 4.78 is 7.47. The first kappa shape index (κ1) is 45.2. The topological polar surface area (TPSA) is 18.0 Å². The van der Waals surface area contributed by atoms with E-state index in [9.17, 15) is 0 Å². The Bertz CT molecular complexity index is 5320. The van der Waals surface area contributed by atoms with Crippen molar-refractivity contribution in [1.82, 2.24) is 13.7 Å². The van der Waals surface area contributed by atoms with E-state index in [1.165, 1.54) is 130 Å². The fraction of sp³-hybridized carbons (Fsp3) is 0.0256. The molecule has 0 unspecified atom stereocenters. The predicted molar refractivity (Wildman–Crippen MR) is 349 cm³/mol. The largest absolute Gasteiger partial charge is 0.310 e. The van der Waals surface area contributed by atoms with Gasteiger partial charge in [0, 0.05) is 82.6 Å². The van der Waals surface area contributed by atoms with Crippen molar-refractivity contribution >= 4 is 142 Å². The number of hydrogen-bond acceptors (Lipinski definition) is 1. The molecule has 18 rings (SSSR count). The summed E-state index contributed by atoms with van der Waals surface area (Å²) in [6.45, 7) is 0. The SMILES string of the molecule is C1=Cc2c(ccc3c2c2ccc4ccccc4c2n3-c2ccc(N(c3ccc(-n4c5ccc6ccccc6c5c5ccc6ccccc6c54)cc3)c3ccc(-n4c5ccc6ccccc6c5c5ccc6ccccc6c54)cc3)cc2)CC1. The Morgan fingerprint density at radius 3 is 1.01 bits per heavy atom. The minimum atomic E-state index is 1.06. The van der Waals surface area contributed by atoms with Gasteiger partial charge in [0.15, 0.2) is 0 Å². The van der Waals surface area contributed by atoms with Gasteiger partial charge in [-0.25, -0.2) is 0 Å². The summed E-state index contributed by atoms with van der Waals surface area (Å²) in [4.78, 5) is 2.42. The van der Waals surface area contributed by atoms with E-state index in [1.807, 2.05) is 0 Å². The first-order chi connectivity index (χ1) is 40.7. The second kappa shape index (κ2) is 17.4. The standard InChI is InChI=1S/C78H50N4/c1-7-19-61-49(13-1)28-46-70-73(61)67-43-25-52-16-4-10-22-64(52)76(67)80(70)58-37-31-55(32-38-58)79(56-33-39-59(40-34-56)81-71-47-29-50-14-2-8-20-62(50)74(71)68-44-26-53-17-5-11-23-65(53)77(68)81)57-35-41-60(42-36-57)82-72-48-30-51-15-3-9-21-63(51)75(72)69-45-27-54-18-6-12-24-66(54)78(69)82/h1-2,4-14,16-48H,3,15H2. The molecule has 3 heterocycles. The van der Waals surface area contributed by atoms with Crippen LogP contribution in [0.1, 0.15) is 17.5 Å². The zero-order valence-corrected chi connectivity index (χ0v) is 44.8. The smallest absolute Gasteiger partial charge is 0.0619 e. The normalized spacial score (nSPS) is 12.7. The Labute approximate surface area is 472 Å². The van der Waals surface area contributed by atoms with Crippen LogP contribution < -0.4 is 4.90 Å². The lowest BCUT2D eigenvalue weighted by atomic mass is 9.93. The van der Waals surface area contributed by atoms with Crippen molar-refractivity contribution < 1.29 is 0 Å². The molecular weight excluding hydrogens is 993 g/mol. The number of anilines is 3. The summed E-state index contributed by atoms with van der Waals surface area (Å²) in [6.07, 6.45) is 6.84. The highest BCUT2D eigenvalue weighted by atomic mass is 15.1. The van der Waals surface area contributed by atoms with Gasteiger partial charge in [0.05, 0.1) is 33.1 Å². The lowest BCUT2D eigenvalue weighted by molar-refractivity contribution is 0.989. The third-order valence-electron chi connectivity index (χ3n) is 18.0. The van der Waals surface area contributed by atoms with Gasteiger partial charge in [0.1, 0.15) is 0 Å². The van der Waals surface area contributed by atoms with E-state index >= 15 is 0 Å². The van der Waals surface area contributed by atoms with Gasteiger partial charge in [-0.3, -0.25) is 0 Å². The van der Waals surface area contributed by atoms with Gasteiger partial charge in [0.2, 0.25) is 0 Å². The molecule has 0 aliphatic heterocycles. The maximum absolute atomic E-state index is 2.50. The van der Waals surface area contributed by atoms with Crippen LogP contribution in [-0.4, -0.2) is 13.7 Å². The highest BCUT2D eigenvalue weighted by Gasteiger charge is 2.24. The summed E-state index contributed by atoms with van der Waals surface area (Å²) in [5, 5.41) is 20.1. The van der Waals surface area contributed by atoms with E-state index in [2.05, 4.69) is 298 Å². The van der Waals surface area contributed by atoms with Crippen LogP contribution in [0.2, 0.25) is 0 Å². The highest BCUT2D eigenvalue weighted by Crippen LogP contribution is 2.46. The maximum atomic E-state index is 2.50. The molecule has 382 valence electrons. The van der Waals surface area contributed by atoms with Crippen LogP contribution in [-0.2, 0) is 6.42 Å². The summed E-state index contributed by atoms with van der Waals surface area (Å²) in [7, 11) is 0. The van der Waals surface area contributed by atoms with Gasteiger partial charge in [-0.2, -0.15) is 0 Å². The molecule has 0 radical (unpaired) electrons. The molecule has 1 aliphatic carbocycles. The van der Waals surface area contributed by atoms with Crippen LogP contribution in [0.4, 0.5) is 17.1 Å². The highest BCUT2D eigenvalue weighted by molar-refractivity contribution is 6.28. The average molecular weight is 1040 g/mol. The van der Waals surface area contributed by atoms with Gasteiger partial charge < -0.3 is 18.6 Å². The van der Waals surface area contributed by atoms with E-state index in [4.69, 9.17) is 0 Å². The third kappa shape index (κ3) is 6.49. The molecule has 1 aliphatic rings. The molecule has 17 aromatic rings. The average Bonchev–Trinajstić information content (AvgIpc) is 4.41. The predicted octanol–water partition coefficient (Wildman–Crippen LogP) is 21.2. The van der Waals surface area contributed by atoms with Crippen molar-refractivity contribution in [2.75, 3.05) is 4.90 Å². The number of benzene rings is 14. The zero-order valence-electron chi connectivity index (χ0n) is 44.8. The van der Waals surface area contributed by atoms with Crippen LogP contribution in [0.15, 0.2) is 273 Å². The maximum Gasteiger partial charge on any atom is 0.0619 e. The molecule has 0 amide bonds. The quantitative estimate of drug-likeness (QED) is 0.162. The number of aromatic nitrogens is 3. The molecular formula is C78H50N4. The van der Waals surface area contributed by atoms with E-state index in [0.717, 1.165) is 47.0 Å². The summed E-state index contributed by atoms with van der Waals surface area (Å²) in [6, 6.07) is 99.5. The van der Waals surface area contributed by atoms with Gasteiger partial charge in [-0.1, -0.05) is 188 Å². The fourth-order valence-corrected chi connectivity index (χ4v) is 14.4. The number of rotatable bonds is 6. The first-order valence-corrected chi connectivity index (χ1v) is 28.6. The molecule has 0 saturated heterocycles. The number of aryl methyl sites for hydroxylation is 1. The number of nitrogens with zero attached hydrogens (tertiary/aromatic N) is 4. The van der Waals surface area contributed by atoms with E-state index in [-0.39, 0.29) is 0 Å². The van der Waals surface area contributed by atoms with Crippen LogP contribution >= 0.6 is 0 Å². The number of allylic oxidation sites excluding steroid dienone is 1. The minimum absolute atomic E-state index is 1.06. The van der Waals surface area contributed by atoms with Crippen molar-refractivity contribution in [1.29, 1.82) is 0 Å². The van der Waals surface area contributed by atoms with Crippen LogP contribution in [0.5, 0.6) is 0 Å². The van der Waals surface area contributed by atoms with Gasteiger partial charge in [0.25, 0.3) is 0 Å². The van der Waals surface area contributed by atoms with Crippen molar-refractivity contribution in [3.8, 4) is 17.1 Å². The fourth-order valence-electron chi connectivity index (χ4n) is 14.4. The molecule has 0 fully saturated rings. The Hall–Kier alpha value is -10.7. The third-order valence-corrected chi connectivity index (χ3v) is 18.0. The van der Waals surface area contributed by atoms with Crippen molar-refractivity contribution in [2.24, 2.45) is 0 Å². The van der Waals surface area contributed by atoms with Gasteiger partial charge in [-0.05, 0) is 153 Å². The molecule has 82 heavy (non-hydrogen) atoms. The number of fused-ring (bicyclic) bond motifs is 21. The second-order valence-electron chi connectivity index (χ2n) is 22.3. The molecule has 0 bridgehead atoms. The Morgan fingerprint density at radius 1 is 0.268 bits per heavy atom.